The molecule has 33 heavy (non-hydrogen) atoms. The Hall–Kier alpha value is -3.53. The average Bonchev–Trinajstić information content (AvgIpc) is 3.30. The summed E-state index contributed by atoms with van der Waals surface area (Å²) >= 11 is 0. The van der Waals surface area contributed by atoms with Crippen LogP contribution in [0, 0.1) is 25.5 Å². The molecule has 1 aliphatic rings. The van der Waals surface area contributed by atoms with Gasteiger partial charge in [0, 0.05) is 41.0 Å². The van der Waals surface area contributed by atoms with Crippen LogP contribution in [-0.2, 0) is 11.7 Å². The number of morpholine rings is 1. The van der Waals surface area contributed by atoms with Gasteiger partial charge in [0.15, 0.2) is 5.65 Å². The fourth-order valence-corrected chi connectivity index (χ4v) is 3.91. The molecule has 0 amide bonds. The largest absolute Gasteiger partial charge is 0.367 e. The quantitative estimate of drug-likeness (QED) is 0.467. The highest BCUT2D eigenvalue weighted by Gasteiger charge is 2.30. The number of fused-ring (bicyclic) bond motifs is 1. The van der Waals surface area contributed by atoms with Crippen LogP contribution < -0.4 is 4.90 Å². The van der Waals surface area contributed by atoms with Crippen LogP contribution in [0.5, 0.6) is 0 Å². The second kappa shape index (κ2) is 8.11. The summed E-state index contributed by atoms with van der Waals surface area (Å²) in [4.78, 5) is 20.2. The summed E-state index contributed by atoms with van der Waals surface area (Å²) in [6.07, 6.45) is 2.15. The molecule has 1 saturated heterocycles. The highest BCUT2D eigenvalue weighted by atomic mass is 19.1. The fraction of sp³-hybridized carbons (Fsp3) is 0.348. The number of nitrogens with zero attached hydrogens (tertiary/aromatic N) is 7. The third-order valence-electron chi connectivity index (χ3n) is 5.63. The van der Waals surface area contributed by atoms with E-state index in [2.05, 4.69) is 25.0 Å². The Morgan fingerprint density at radius 1 is 1.09 bits per heavy atom. The molecule has 3 aromatic heterocycles. The molecule has 0 N–H and O–H groups in total. The van der Waals surface area contributed by atoms with Crippen molar-refractivity contribution in [2.75, 3.05) is 18.0 Å². The maximum atomic E-state index is 14.8. The zero-order chi connectivity index (χ0) is 25.8. The van der Waals surface area contributed by atoms with Crippen molar-refractivity contribution in [2.45, 2.75) is 33.0 Å². The van der Waals surface area contributed by atoms with Gasteiger partial charge in [-0.3, -0.25) is 4.68 Å². The normalized spacial score (nSPS) is 20.5. The second-order valence-electron chi connectivity index (χ2n) is 8.12. The topological polar surface area (TPSA) is 81.9 Å². The first-order valence-electron chi connectivity index (χ1n) is 11.9. The number of aromatic nitrogens is 6. The number of halogens is 2. The average molecular weight is 454 g/mol. The molecule has 0 radical (unpaired) electrons. The van der Waals surface area contributed by atoms with E-state index >= 15 is 0 Å². The summed E-state index contributed by atoms with van der Waals surface area (Å²) in [5.74, 6) is -1.19. The van der Waals surface area contributed by atoms with Gasteiger partial charge in [-0.25, -0.2) is 23.7 Å². The van der Waals surface area contributed by atoms with E-state index in [1.54, 1.807) is 13.8 Å². The first-order valence-corrected chi connectivity index (χ1v) is 10.4. The Balaban J connectivity index is 1.59. The first kappa shape index (κ1) is 18.0. The molecule has 170 valence electrons. The van der Waals surface area contributed by atoms with E-state index in [-0.39, 0.29) is 29.0 Å². The number of hydrogen-bond donors (Lipinski definition) is 0. The molecular formula is C23H23F2N7O. The highest BCUT2D eigenvalue weighted by molar-refractivity contribution is 5.88. The molecule has 10 heteroatoms. The van der Waals surface area contributed by atoms with Crippen molar-refractivity contribution in [1.29, 1.82) is 0 Å². The number of aryl methyl sites for hydroxylation is 3. The van der Waals surface area contributed by atoms with Crippen LogP contribution in [0.1, 0.15) is 34.1 Å². The van der Waals surface area contributed by atoms with Crippen LogP contribution in [0.2, 0.25) is 0 Å². The fourth-order valence-electron chi connectivity index (χ4n) is 3.91. The van der Waals surface area contributed by atoms with Crippen molar-refractivity contribution in [3.8, 4) is 11.3 Å². The van der Waals surface area contributed by atoms with Gasteiger partial charge in [0.1, 0.15) is 28.9 Å². The van der Waals surface area contributed by atoms with Gasteiger partial charge in [0.2, 0.25) is 5.95 Å². The molecule has 0 unspecified atom stereocenters. The van der Waals surface area contributed by atoms with E-state index in [1.165, 1.54) is 18.5 Å². The molecule has 5 rings (SSSR count). The van der Waals surface area contributed by atoms with Gasteiger partial charge in [0.25, 0.3) is 0 Å². The van der Waals surface area contributed by atoms with Crippen molar-refractivity contribution in [3.63, 3.8) is 0 Å². The van der Waals surface area contributed by atoms with Crippen molar-refractivity contribution in [2.24, 2.45) is 6.98 Å². The minimum absolute atomic E-state index is 0.0828. The van der Waals surface area contributed by atoms with E-state index in [1.807, 2.05) is 11.8 Å². The lowest BCUT2D eigenvalue weighted by Gasteiger charge is -2.36. The van der Waals surface area contributed by atoms with Gasteiger partial charge in [-0.1, -0.05) is 0 Å². The Kier molecular flexibility index (Phi) is 4.41. The Morgan fingerprint density at radius 2 is 1.91 bits per heavy atom. The summed E-state index contributed by atoms with van der Waals surface area (Å²) in [7, 11) is 0. The monoisotopic (exact) mass is 454 g/mol. The van der Waals surface area contributed by atoms with E-state index in [0.717, 1.165) is 16.8 Å². The van der Waals surface area contributed by atoms with Gasteiger partial charge in [-0.15, -0.1) is 0 Å². The number of ether oxygens (including phenoxy) is 1. The summed E-state index contributed by atoms with van der Waals surface area (Å²) in [5.41, 5.74) is 2.79. The molecule has 0 spiro atoms. The lowest BCUT2D eigenvalue weighted by Crippen LogP contribution is -2.43. The smallest absolute Gasteiger partial charge is 0.228 e. The Morgan fingerprint density at radius 3 is 2.67 bits per heavy atom. The predicted octanol–water partition coefficient (Wildman–Crippen LogP) is 3.68. The van der Waals surface area contributed by atoms with Crippen LogP contribution in [0.4, 0.5) is 14.7 Å². The van der Waals surface area contributed by atoms with E-state index < -0.39 is 24.7 Å². The number of rotatable bonds is 3. The number of anilines is 1. The lowest BCUT2D eigenvalue weighted by atomic mass is 10.1. The molecule has 4 heterocycles. The highest BCUT2D eigenvalue weighted by Crippen LogP contribution is 2.32. The first-order chi connectivity index (χ1) is 17.0. The summed E-state index contributed by atoms with van der Waals surface area (Å²) in [6, 6.07) is 3.28. The van der Waals surface area contributed by atoms with Crippen molar-refractivity contribution < 1.29 is 17.6 Å². The van der Waals surface area contributed by atoms with Crippen molar-refractivity contribution in [3.05, 3.63) is 59.2 Å². The SMILES string of the molecule is [2H]C([2H])([2H])n1cc([C@H]2CN(c3nc(-c4ccc(F)cc4F)c4nc(C)c(C)nc4n3)C[C@H](C)O2)cn1. The zero-order valence-corrected chi connectivity index (χ0v) is 18.3. The molecule has 1 aromatic carbocycles. The van der Waals surface area contributed by atoms with E-state index in [4.69, 9.17) is 8.85 Å². The molecule has 0 saturated carbocycles. The number of hydrogen-bond acceptors (Lipinski definition) is 7. The molecule has 1 fully saturated rings. The van der Waals surface area contributed by atoms with Crippen molar-refractivity contribution in [1.82, 2.24) is 29.7 Å². The van der Waals surface area contributed by atoms with Gasteiger partial charge >= 0.3 is 0 Å². The van der Waals surface area contributed by atoms with Gasteiger partial charge in [-0.2, -0.15) is 10.1 Å². The van der Waals surface area contributed by atoms with Crippen LogP contribution in [0.3, 0.4) is 0 Å². The minimum atomic E-state index is -2.40. The van der Waals surface area contributed by atoms with Crippen molar-refractivity contribution >= 4 is 17.1 Å². The number of benzene rings is 1. The third kappa shape index (κ3) is 4.02. The standard InChI is InChI=1S/C23H23F2N7O/c1-12-9-32(11-19(33-12)15-8-26-31(4)10-15)23-29-20(17-6-5-16(24)7-18(17)25)21-22(30-23)28-14(3)13(2)27-21/h5-8,10,12,19H,9,11H2,1-4H3/t12-,19+/m0/s1/i4D3. The van der Waals surface area contributed by atoms with E-state index in [0.29, 0.717) is 35.6 Å². The predicted molar refractivity (Wildman–Crippen MR) is 119 cm³/mol. The Bertz CT molecular complexity index is 1460. The summed E-state index contributed by atoms with van der Waals surface area (Å²) < 4.78 is 58.1. The van der Waals surface area contributed by atoms with Gasteiger partial charge < -0.3 is 9.64 Å². The minimum Gasteiger partial charge on any atom is -0.367 e. The molecule has 0 aliphatic carbocycles. The molecule has 4 aromatic rings. The van der Waals surface area contributed by atoms with Gasteiger partial charge in [-0.05, 0) is 32.9 Å². The maximum Gasteiger partial charge on any atom is 0.228 e. The Labute approximate surface area is 193 Å². The van der Waals surface area contributed by atoms with Crippen LogP contribution in [0.25, 0.3) is 22.4 Å². The van der Waals surface area contributed by atoms with E-state index in [9.17, 15) is 8.78 Å². The molecule has 8 nitrogen and oxygen atoms in total. The summed E-state index contributed by atoms with van der Waals surface area (Å²) in [5, 5.41) is 3.95. The molecule has 1 aliphatic heterocycles. The third-order valence-corrected chi connectivity index (χ3v) is 5.63. The zero-order valence-electron chi connectivity index (χ0n) is 21.3. The molecule has 0 bridgehead atoms. The maximum absolute atomic E-state index is 14.8. The van der Waals surface area contributed by atoms with Crippen LogP contribution >= 0.6 is 0 Å². The molecular weight excluding hydrogens is 428 g/mol. The summed E-state index contributed by atoms with van der Waals surface area (Å²) in [6.45, 7) is 3.79. The van der Waals surface area contributed by atoms with Crippen LogP contribution in [-0.4, -0.2) is 48.9 Å². The lowest BCUT2D eigenvalue weighted by molar-refractivity contribution is -0.0178. The second-order valence-corrected chi connectivity index (χ2v) is 8.12. The van der Waals surface area contributed by atoms with Crippen LogP contribution in [0.15, 0.2) is 30.6 Å². The molecule has 2 atom stereocenters. The van der Waals surface area contributed by atoms with Gasteiger partial charge in [0.05, 0.1) is 30.2 Å².